The average molecular weight is 393 g/mol. The van der Waals surface area contributed by atoms with Crippen LogP contribution in [0.25, 0.3) is 11.1 Å². The van der Waals surface area contributed by atoms with Crippen LogP contribution in [0.2, 0.25) is 0 Å². The first-order valence-corrected chi connectivity index (χ1v) is 8.55. The fraction of sp³-hybridized carbons (Fsp3) is 0.0476. The molecule has 0 aliphatic carbocycles. The van der Waals surface area contributed by atoms with Gasteiger partial charge in [-0.05, 0) is 35.9 Å². The van der Waals surface area contributed by atoms with Crippen LogP contribution in [0.5, 0.6) is 0 Å². The molecule has 1 aromatic heterocycles. The van der Waals surface area contributed by atoms with E-state index in [1.807, 2.05) is 12.1 Å². The number of benzene rings is 2. The molecular formula is C21H16FN3O4. The molecule has 0 spiro atoms. The van der Waals surface area contributed by atoms with E-state index in [9.17, 15) is 18.8 Å². The van der Waals surface area contributed by atoms with Crippen LogP contribution in [0, 0.1) is 5.82 Å². The van der Waals surface area contributed by atoms with Crippen molar-refractivity contribution in [3.05, 3.63) is 78.4 Å². The zero-order chi connectivity index (χ0) is 20.8. The van der Waals surface area contributed by atoms with Gasteiger partial charge in [0.1, 0.15) is 5.82 Å². The first-order valence-electron chi connectivity index (χ1n) is 8.55. The van der Waals surface area contributed by atoms with Crippen molar-refractivity contribution in [2.24, 2.45) is 0 Å². The van der Waals surface area contributed by atoms with Crippen molar-refractivity contribution in [2.45, 2.75) is 6.42 Å². The van der Waals surface area contributed by atoms with E-state index in [2.05, 4.69) is 15.6 Å². The minimum Gasteiger partial charge on any atom is -0.465 e. The molecule has 8 heteroatoms. The van der Waals surface area contributed by atoms with Crippen molar-refractivity contribution >= 4 is 29.2 Å². The standard InChI is InChI=1S/C21H16FN3O4/c22-16-6-7-17(25-21(28)29)18(10-16)24-20(27)11-19(26)14-4-1-3-13(9-14)15-5-2-8-23-12-15/h1-10,12,25H,11H2,(H,24,27)(H,28,29). The average Bonchev–Trinajstić information content (AvgIpc) is 2.70. The van der Waals surface area contributed by atoms with Gasteiger partial charge < -0.3 is 10.4 Å². The molecule has 0 radical (unpaired) electrons. The van der Waals surface area contributed by atoms with Crippen LogP contribution in [-0.2, 0) is 4.79 Å². The third kappa shape index (κ3) is 5.23. The Balaban J connectivity index is 1.73. The number of Topliss-reactive ketones (excluding diaryl/α,β-unsaturated/α-hetero) is 1. The highest BCUT2D eigenvalue weighted by atomic mass is 19.1. The van der Waals surface area contributed by atoms with E-state index in [0.717, 1.165) is 23.3 Å². The van der Waals surface area contributed by atoms with Gasteiger partial charge in [-0.1, -0.05) is 24.3 Å². The predicted octanol–water partition coefficient (Wildman–Crippen LogP) is 4.19. The van der Waals surface area contributed by atoms with Crippen LogP contribution in [0.4, 0.5) is 20.6 Å². The summed E-state index contributed by atoms with van der Waals surface area (Å²) in [5.74, 6) is -1.79. The zero-order valence-electron chi connectivity index (χ0n) is 15.1. The number of aromatic nitrogens is 1. The van der Waals surface area contributed by atoms with E-state index in [-0.39, 0.29) is 11.4 Å². The third-order valence-electron chi connectivity index (χ3n) is 4.00. The molecule has 0 saturated carbocycles. The van der Waals surface area contributed by atoms with Gasteiger partial charge in [0, 0.05) is 23.5 Å². The van der Waals surface area contributed by atoms with Gasteiger partial charge in [-0.3, -0.25) is 19.9 Å². The lowest BCUT2D eigenvalue weighted by molar-refractivity contribution is -0.115. The van der Waals surface area contributed by atoms with Crippen molar-refractivity contribution in [1.29, 1.82) is 0 Å². The first kappa shape index (κ1) is 19.7. The molecule has 0 saturated heterocycles. The highest BCUT2D eigenvalue weighted by Crippen LogP contribution is 2.24. The van der Waals surface area contributed by atoms with E-state index in [1.54, 1.807) is 36.7 Å². The quantitative estimate of drug-likeness (QED) is 0.430. The number of nitrogens with one attached hydrogen (secondary N) is 2. The number of carboxylic acid groups (broad SMARTS) is 1. The number of rotatable bonds is 6. The zero-order valence-corrected chi connectivity index (χ0v) is 15.1. The number of carbonyl (C=O) groups is 3. The van der Waals surface area contributed by atoms with Gasteiger partial charge in [-0.2, -0.15) is 0 Å². The molecule has 7 nitrogen and oxygen atoms in total. The Kier molecular flexibility index (Phi) is 5.94. The van der Waals surface area contributed by atoms with Crippen molar-refractivity contribution in [1.82, 2.24) is 4.98 Å². The second-order valence-corrected chi connectivity index (χ2v) is 6.09. The number of amides is 2. The molecule has 0 atom stereocenters. The van der Waals surface area contributed by atoms with Gasteiger partial charge in [0.2, 0.25) is 5.91 Å². The Hall–Kier alpha value is -4.07. The lowest BCUT2D eigenvalue weighted by Gasteiger charge is -2.11. The summed E-state index contributed by atoms with van der Waals surface area (Å²) >= 11 is 0. The largest absolute Gasteiger partial charge is 0.465 e. The first-order chi connectivity index (χ1) is 13.9. The molecule has 29 heavy (non-hydrogen) atoms. The molecule has 0 fully saturated rings. The molecule has 2 amide bonds. The van der Waals surface area contributed by atoms with Crippen molar-refractivity contribution < 1.29 is 23.9 Å². The second-order valence-electron chi connectivity index (χ2n) is 6.09. The predicted molar refractivity (Wildman–Crippen MR) is 105 cm³/mol. The van der Waals surface area contributed by atoms with Gasteiger partial charge in [0.25, 0.3) is 0 Å². The fourth-order valence-corrected chi connectivity index (χ4v) is 2.69. The van der Waals surface area contributed by atoms with Crippen LogP contribution in [0.1, 0.15) is 16.8 Å². The lowest BCUT2D eigenvalue weighted by Crippen LogP contribution is -2.18. The number of halogens is 1. The Morgan fingerprint density at radius 3 is 2.45 bits per heavy atom. The molecule has 0 unspecified atom stereocenters. The third-order valence-corrected chi connectivity index (χ3v) is 4.00. The van der Waals surface area contributed by atoms with Gasteiger partial charge in [-0.15, -0.1) is 0 Å². The minimum atomic E-state index is -1.37. The number of hydrogen-bond donors (Lipinski definition) is 3. The minimum absolute atomic E-state index is 0.00160. The topological polar surface area (TPSA) is 108 Å². The summed E-state index contributed by atoms with van der Waals surface area (Å²) in [5, 5.41) is 13.3. The Bertz CT molecular complexity index is 1070. The van der Waals surface area contributed by atoms with Crippen LogP contribution < -0.4 is 10.6 Å². The SMILES string of the molecule is O=C(O)Nc1ccc(F)cc1NC(=O)CC(=O)c1cccc(-c2cccnc2)c1. The number of pyridine rings is 1. The van der Waals surface area contributed by atoms with Gasteiger partial charge >= 0.3 is 6.09 Å². The summed E-state index contributed by atoms with van der Waals surface area (Å²) in [4.78, 5) is 39.6. The summed E-state index contributed by atoms with van der Waals surface area (Å²) in [5.41, 5.74) is 1.87. The molecular weight excluding hydrogens is 377 g/mol. The Morgan fingerprint density at radius 2 is 1.72 bits per heavy atom. The van der Waals surface area contributed by atoms with E-state index in [1.165, 1.54) is 6.07 Å². The molecule has 3 N–H and O–H groups in total. The highest BCUT2D eigenvalue weighted by Gasteiger charge is 2.15. The number of hydrogen-bond acceptors (Lipinski definition) is 4. The molecule has 0 aliphatic rings. The second kappa shape index (κ2) is 8.75. The molecule has 0 bridgehead atoms. The van der Waals surface area contributed by atoms with Crippen LogP contribution in [0.15, 0.2) is 67.0 Å². The highest BCUT2D eigenvalue weighted by molar-refractivity contribution is 6.12. The molecule has 1 heterocycles. The number of nitrogens with zero attached hydrogens (tertiary/aromatic N) is 1. The summed E-state index contributed by atoms with van der Waals surface area (Å²) in [7, 11) is 0. The molecule has 3 aromatic rings. The number of ketones is 1. The maximum atomic E-state index is 13.5. The van der Waals surface area contributed by atoms with Crippen molar-refractivity contribution in [3.8, 4) is 11.1 Å². The Labute approximate surface area is 165 Å². The molecule has 146 valence electrons. The summed E-state index contributed by atoms with van der Waals surface area (Å²) in [6.45, 7) is 0. The summed E-state index contributed by atoms with van der Waals surface area (Å²) in [6.07, 6.45) is 1.45. The van der Waals surface area contributed by atoms with Gasteiger partial charge in [0.15, 0.2) is 5.78 Å². The van der Waals surface area contributed by atoms with E-state index >= 15 is 0 Å². The maximum absolute atomic E-state index is 13.5. The molecule has 3 rings (SSSR count). The monoisotopic (exact) mass is 393 g/mol. The Morgan fingerprint density at radius 1 is 0.931 bits per heavy atom. The van der Waals surface area contributed by atoms with Gasteiger partial charge in [0.05, 0.1) is 17.8 Å². The summed E-state index contributed by atoms with van der Waals surface area (Å²) in [6, 6.07) is 13.6. The van der Waals surface area contributed by atoms with Crippen LogP contribution in [0.3, 0.4) is 0 Å². The fourth-order valence-electron chi connectivity index (χ4n) is 2.69. The summed E-state index contributed by atoms with van der Waals surface area (Å²) < 4.78 is 13.5. The number of anilines is 2. The van der Waals surface area contributed by atoms with Crippen molar-refractivity contribution in [2.75, 3.05) is 10.6 Å². The molecule has 2 aromatic carbocycles. The normalized spacial score (nSPS) is 10.2. The van der Waals surface area contributed by atoms with E-state index in [0.29, 0.717) is 5.56 Å². The van der Waals surface area contributed by atoms with Crippen molar-refractivity contribution in [3.63, 3.8) is 0 Å². The maximum Gasteiger partial charge on any atom is 0.409 e. The van der Waals surface area contributed by atoms with E-state index in [4.69, 9.17) is 5.11 Å². The lowest BCUT2D eigenvalue weighted by atomic mass is 10.0. The van der Waals surface area contributed by atoms with Gasteiger partial charge in [-0.25, -0.2) is 9.18 Å². The van der Waals surface area contributed by atoms with Crippen LogP contribution in [-0.4, -0.2) is 27.9 Å². The smallest absolute Gasteiger partial charge is 0.409 e. The number of carbonyl (C=O) groups excluding carboxylic acids is 2. The van der Waals surface area contributed by atoms with E-state index < -0.39 is 30.0 Å². The molecule has 0 aliphatic heterocycles. The van der Waals surface area contributed by atoms with Crippen LogP contribution >= 0.6 is 0 Å².